The predicted octanol–water partition coefficient (Wildman–Crippen LogP) is 18.5. The number of hydrogen-bond donors (Lipinski definition) is 0. The molecule has 4 aromatic carbocycles. The SMILES string of the molecule is CC(C)(C)c1cc(C(C)(C)C)cc(C23CC4(c5cc(C(C)(C)C)cc(C(C)(C)C)c5)CC(c5cc(C(C)(C)C)cc(C(C)(C)C)c5)(C2)CC(c2cc(C(C)(C)C)cc(C(C)(C)C)c2)(C3)C4)c1. The molecule has 0 heteroatoms. The van der Waals surface area contributed by atoms with Crippen LogP contribution in [0.4, 0.5) is 0 Å². The van der Waals surface area contributed by atoms with E-state index in [0.717, 1.165) is 0 Å². The highest BCUT2D eigenvalue weighted by atomic mass is 14.7. The first-order valence-electron chi connectivity index (χ1n) is 26.2. The van der Waals surface area contributed by atoms with Crippen molar-refractivity contribution in [3.8, 4) is 0 Å². The Bertz CT molecular complexity index is 1970. The number of rotatable bonds is 4. The highest BCUT2D eigenvalue weighted by Gasteiger charge is 2.70. The molecule has 0 aliphatic heterocycles. The summed E-state index contributed by atoms with van der Waals surface area (Å²) in [6.45, 7) is 58.5. The Morgan fingerprint density at radius 3 is 0.394 bits per heavy atom. The molecule has 0 unspecified atom stereocenters. The van der Waals surface area contributed by atoms with Crippen molar-refractivity contribution in [2.75, 3.05) is 0 Å². The van der Waals surface area contributed by atoms with E-state index in [1.807, 2.05) is 0 Å². The lowest BCUT2D eigenvalue weighted by Gasteiger charge is -2.72. The van der Waals surface area contributed by atoms with Crippen LogP contribution in [-0.2, 0) is 65.0 Å². The molecule has 66 heavy (non-hydrogen) atoms. The minimum Gasteiger partial charge on any atom is -0.0561 e. The molecular weight excluding hydrogens is 793 g/mol. The average molecular weight is 889 g/mol. The van der Waals surface area contributed by atoms with Crippen LogP contribution in [-0.4, -0.2) is 0 Å². The monoisotopic (exact) mass is 889 g/mol. The van der Waals surface area contributed by atoms with Crippen LogP contribution in [0.2, 0.25) is 0 Å². The van der Waals surface area contributed by atoms with Crippen molar-refractivity contribution in [2.24, 2.45) is 0 Å². The lowest BCUT2D eigenvalue weighted by molar-refractivity contribution is -0.0694. The zero-order valence-corrected chi connectivity index (χ0v) is 47.2. The van der Waals surface area contributed by atoms with Crippen LogP contribution < -0.4 is 0 Å². The molecule has 0 nitrogen and oxygen atoms in total. The second kappa shape index (κ2) is 15.2. The van der Waals surface area contributed by atoms with Gasteiger partial charge in [-0.25, -0.2) is 0 Å². The number of benzene rings is 4. The van der Waals surface area contributed by atoms with Crippen LogP contribution in [0.25, 0.3) is 0 Å². The topological polar surface area (TPSA) is 0 Å². The summed E-state index contributed by atoms with van der Waals surface area (Å²) in [5.74, 6) is 0. The Morgan fingerprint density at radius 2 is 0.303 bits per heavy atom. The van der Waals surface area contributed by atoms with Gasteiger partial charge in [0.05, 0.1) is 0 Å². The van der Waals surface area contributed by atoms with Crippen molar-refractivity contribution in [3.05, 3.63) is 140 Å². The van der Waals surface area contributed by atoms with E-state index in [-0.39, 0.29) is 65.0 Å². The van der Waals surface area contributed by atoms with Gasteiger partial charge in [0.25, 0.3) is 0 Å². The highest BCUT2D eigenvalue weighted by Crippen LogP contribution is 2.75. The second-order valence-corrected chi connectivity index (χ2v) is 31.4. The zero-order valence-electron chi connectivity index (χ0n) is 47.2. The maximum absolute atomic E-state index is 2.72. The maximum Gasteiger partial charge on any atom is -0.00213 e. The third-order valence-corrected chi connectivity index (χ3v) is 17.2. The molecule has 360 valence electrons. The molecule has 0 spiro atoms. The second-order valence-electron chi connectivity index (χ2n) is 31.4. The largest absolute Gasteiger partial charge is 0.0561 e. The normalized spacial score (nSPS) is 25.5. The van der Waals surface area contributed by atoms with Crippen LogP contribution in [0, 0.1) is 0 Å². The Balaban J connectivity index is 1.71. The summed E-state index contributed by atoms with van der Waals surface area (Å²) >= 11 is 0. The van der Waals surface area contributed by atoms with Crippen LogP contribution in [0.5, 0.6) is 0 Å². The molecule has 4 aliphatic carbocycles. The number of hydrogen-bond acceptors (Lipinski definition) is 0. The first-order chi connectivity index (χ1) is 29.5. The first-order valence-corrected chi connectivity index (χ1v) is 26.2. The van der Waals surface area contributed by atoms with E-state index in [1.54, 1.807) is 22.3 Å². The molecule has 0 atom stereocenters. The van der Waals surface area contributed by atoms with Crippen molar-refractivity contribution in [1.82, 2.24) is 0 Å². The summed E-state index contributed by atoms with van der Waals surface area (Å²) in [6, 6.07) is 32.1. The fourth-order valence-corrected chi connectivity index (χ4v) is 13.1. The molecule has 0 amide bonds. The van der Waals surface area contributed by atoms with Gasteiger partial charge in [0.1, 0.15) is 0 Å². The fraction of sp³-hybridized carbons (Fsp3) is 0.636. The van der Waals surface area contributed by atoms with Gasteiger partial charge in [-0.3, -0.25) is 0 Å². The Morgan fingerprint density at radius 1 is 0.197 bits per heavy atom. The van der Waals surface area contributed by atoms with Gasteiger partial charge < -0.3 is 0 Å². The van der Waals surface area contributed by atoms with E-state index in [1.165, 1.54) is 83.0 Å². The minimum atomic E-state index is -0.0467. The standard InChI is InChI=1S/C66H96/c1-55(2,3)43-25-44(56(4,5)6)30-51(29-43)63-37-64(52-31-45(57(7,8)9)26-46(32-52)58(10,11)12)40-65(38-63,53-33-47(59(13,14)15)27-48(34-53)60(16,17)18)42-66(39-63,41-64)54-35-49(61(19,20)21)28-50(36-54)62(22,23)24/h25-36H,37-42H2,1-24H3. The summed E-state index contributed by atoms with van der Waals surface area (Å²) in [5, 5.41) is 0. The lowest BCUT2D eigenvalue weighted by atomic mass is 9.32. The molecule has 0 N–H and O–H groups in total. The van der Waals surface area contributed by atoms with Crippen LogP contribution in [0.3, 0.4) is 0 Å². The molecule has 4 fully saturated rings. The predicted molar refractivity (Wildman–Crippen MR) is 290 cm³/mol. The van der Waals surface area contributed by atoms with Crippen molar-refractivity contribution in [3.63, 3.8) is 0 Å². The molecule has 0 heterocycles. The third-order valence-electron chi connectivity index (χ3n) is 17.2. The zero-order chi connectivity index (χ0) is 49.7. The van der Waals surface area contributed by atoms with Gasteiger partial charge in [-0.2, -0.15) is 0 Å². The summed E-state index contributed by atoms with van der Waals surface area (Å²) < 4.78 is 0. The van der Waals surface area contributed by atoms with E-state index in [0.29, 0.717) is 0 Å². The van der Waals surface area contributed by atoms with Gasteiger partial charge in [-0.1, -0.05) is 239 Å². The van der Waals surface area contributed by atoms with Crippen molar-refractivity contribution in [2.45, 2.75) is 270 Å². The average Bonchev–Trinajstić information content (AvgIpc) is 3.14. The van der Waals surface area contributed by atoms with E-state index < -0.39 is 0 Å². The molecule has 4 bridgehead atoms. The Labute approximate surface area is 407 Å². The molecule has 4 saturated carbocycles. The smallest absolute Gasteiger partial charge is 0.00213 e. The Kier molecular flexibility index (Phi) is 11.7. The summed E-state index contributed by atoms with van der Waals surface area (Å²) in [4.78, 5) is 0. The highest BCUT2D eigenvalue weighted by molar-refractivity contribution is 5.55. The fourth-order valence-electron chi connectivity index (χ4n) is 13.1. The quantitative estimate of drug-likeness (QED) is 0.192. The minimum absolute atomic E-state index is 0.0271. The first kappa shape index (κ1) is 50.7. The van der Waals surface area contributed by atoms with Gasteiger partial charge in [0, 0.05) is 0 Å². The van der Waals surface area contributed by atoms with Gasteiger partial charge >= 0.3 is 0 Å². The van der Waals surface area contributed by atoms with Gasteiger partial charge in [0.15, 0.2) is 0 Å². The van der Waals surface area contributed by atoms with Crippen LogP contribution in [0.1, 0.15) is 271 Å². The molecular formula is C66H96. The van der Waals surface area contributed by atoms with Crippen LogP contribution in [0.15, 0.2) is 72.8 Å². The lowest BCUT2D eigenvalue weighted by Crippen LogP contribution is -2.67. The summed E-state index contributed by atoms with van der Waals surface area (Å²) in [6.07, 6.45) is 7.13. The Hall–Kier alpha value is -3.12. The molecule has 0 saturated heterocycles. The van der Waals surface area contributed by atoms with E-state index in [4.69, 9.17) is 0 Å². The van der Waals surface area contributed by atoms with E-state index >= 15 is 0 Å². The molecule has 0 aromatic heterocycles. The molecule has 4 aromatic rings. The van der Waals surface area contributed by atoms with Crippen molar-refractivity contribution in [1.29, 1.82) is 0 Å². The van der Waals surface area contributed by atoms with Gasteiger partial charge in [-0.15, -0.1) is 0 Å². The van der Waals surface area contributed by atoms with Crippen molar-refractivity contribution >= 4 is 0 Å². The summed E-state index contributed by atoms with van der Waals surface area (Å²) in [5.41, 5.74) is 18.3. The van der Waals surface area contributed by atoms with E-state index in [9.17, 15) is 0 Å². The summed E-state index contributed by atoms with van der Waals surface area (Å²) in [7, 11) is 0. The maximum atomic E-state index is 2.72. The van der Waals surface area contributed by atoms with Gasteiger partial charge in [-0.05, 0) is 170 Å². The van der Waals surface area contributed by atoms with E-state index in [2.05, 4.69) is 239 Å². The van der Waals surface area contributed by atoms with Gasteiger partial charge in [0.2, 0.25) is 0 Å². The molecule has 0 radical (unpaired) electrons. The molecule has 4 aliphatic rings. The molecule has 8 rings (SSSR count). The van der Waals surface area contributed by atoms with Crippen molar-refractivity contribution < 1.29 is 0 Å². The van der Waals surface area contributed by atoms with Crippen LogP contribution >= 0.6 is 0 Å². The third kappa shape index (κ3) is 9.34.